The number of ether oxygens (including phenoxy) is 1. The van der Waals surface area contributed by atoms with Crippen LogP contribution >= 0.6 is 0 Å². The van der Waals surface area contributed by atoms with Crippen molar-refractivity contribution in [2.24, 2.45) is 5.73 Å². The molecule has 7 nitrogen and oxygen atoms in total. The van der Waals surface area contributed by atoms with Gasteiger partial charge in [-0.3, -0.25) is 9.78 Å². The van der Waals surface area contributed by atoms with Crippen LogP contribution in [0.1, 0.15) is 47.3 Å². The van der Waals surface area contributed by atoms with E-state index in [1.54, 1.807) is 12.1 Å². The molecule has 29 heavy (non-hydrogen) atoms. The summed E-state index contributed by atoms with van der Waals surface area (Å²) in [5, 5.41) is 0. The van der Waals surface area contributed by atoms with Crippen LogP contribution in [-0.2, 0) is 22.9 Å². The predicted molar refractivity (Wildman–Crippen MR) is 108 cm³/mol. The minimum absolute atomic E-state index is 0.122. The molecular weight excluding hydrogens is 390 g/mol. The number of piperidine rings is 1. The van der Waals surface area contributed by atoms with Crippen LogP contribution in [0.25, 0.3) is 0 Å². The summed E-state index contributed by atoms with van der Waals surface area (Å²) in [6, 6.07) is 8.66. The second kappa shape index (κ2) is 8.12. The van der Waals surface area contributed by atoms with Crippen molar-refractivity contribution in [3.63, 3.8) is 0 Å². The molecule has 1 saturated heterocycles. The number of primary amides is 1. The highest BCUT2D eigenvalue weighted by atomic mass is 32.2. The number of carbonyl (C=O) groups excluding carboxylic acids is 1. The first-order chi connectivity index (χ1) is 13.9. The first kappa shape index (κ1) is 19.8. The molecule has 8 heteroatoms. The van der Waals surface area contributed by atoms with Crippen molar-refractivity contribution in [1.29, 1.82) is 0 Å². The monoisotopic (exact) mass is 415 g/mol. The summed E-state index contributed by atoms with van der Waals surface area (Å²) in [5.74, 6) is -0.164. The highest BCUT2D eigenvalue weighted by Gasteiger charge is 2.31. The van der Waals surface area contributed by atoms with E-state index in [-0.39, 0.29) is 18.3 Å². The molecule has 154 valence electrons. The Morgan fingerprint density at radius 1 is 1.10 bits per heavy atom. The maximum atomic E-state index is 13.2. The molecule has 1 aromatic carbocycles. The molecule has 1 atom stereocenters. The van der Waals surface area contributed by atoms with Crippen molar-refractivity contribution in [3.05, 3.63) is 53.3 Å². The van der Waals surface area contributed by atoms with E-state index < -0.39 is 15.9 Å². The Bertz CT molecular complexity index is 1020. The zero-order valence-corrected chi connectivity index (χ0v) is 17.0. The van der Waals surface area contributed by atoms with E-state index in [1.165, 1.54) is 22.1 Å². The smallest absolute Gasteiger partial charge is 0.267 e. The summed E-state index contributed by atoms with van der Waals surface area (Å²) in [6.07, 6.45) is 6.85. The number of hydrogen-bond donors (Lipinski definition) is 1. The molecule has 2 heterocycles. The normalized spacial score (nSPS) is 20.1. The molecule has 2 aromatic rings. The van der Waals surface area contributed by atoms with Crippen LogP contribution in [0.4, 0.5) is 0 Å². The largest absolute Gasteiger partial charge is 0.489 e. The first-order valence-electron chi connectivity index (χ1n) is 9.98. The van der Waals surface area contributed by atoms with Crippen LogP contribution in [0, 0.1) is 0 Å². The van der Waals surface area contributed by atoms with E-state index in [4.69, 9.17) is 10.5 Å². The van der Waals surface area contributed by atoms with Gasteiger partial charge in [-0.2, -0.15) is 4.31 Å². The molecule has 0 saturated carbocycles. The molecular formula is C21H25N3O4S. The van der Waals surface area contributed by atoms with Crippen molar-refractivity contribution >= 4 is 15.9 Å². The van der Waals surface area contributed by atoms with Crippen molar-refractivity contribution in [3.8, 4) is 5.75 Å². The van der Waals surface area contributed by atoms with Gasteiger partial charge in [0.1, 0.15) is 17.5 Å². The van der Waals surface area contributed by atoms with Crippen molar-refractivity contribution in [2.75, 3.05) is 13.1 Å². The SMILES string of the molecule is NC(=O)c1cc(OC2CCCN(S(=O)(=O)c3ccc4c(c3)CCCC4)C2)ccn1. The quantitative estimate of drug-likeness (QED) is 0.807. The van der Waals surface area contributed by atoms with E-state index >= 15 is 0 Å². The number of nitrogens with two attached hydrogens (primary N) is 1. The lowest BCUT2D eigenvalue weighted by atomic mass is 9.92. The number of amides is 1. The second-order valence-electron chi connectivity index (χ2n) is 7.62. The van der Waals surface area contributed by atoms with Crippen LogP contribution in [0.5, 0.6) is 5.75 Å². The number of hydrogen-bond acceptors (Lipinski definition) is 5. The summed E-state index contributed by atoms with van der Waals surface area (Å²) in [5.41, 5.74) is 7.80. The molecule has 2 aliphatic rings. The predicted octanol–water partition coefficient (Wildman–Crippen LogP) is 2.29. The minimum atomic E-state index is -3.58. The standard InChI is InChI=1S/C21H25N3O4S/c22-21(25)20-13-17(9-10-23-20)28-18-6-3-11-24(14-18)29(26,27)19-8-7-15-4-1-2-5-16(15)12-19/h7-10,12-13,18H,1-6,11,14H2,(H2,22,25). The lowest BCUT2D eigenvalue weighted by Gasteiger charge is -2.32. The van der Waals surface area contributed by atoms with E-state index in [2.05, 4.69) is 4.98 Å². The van der Waals surface area contributed by atoms with Crippen LogP contribution in [0.3, 0.4) is 0 Å². The number of aryl methyl sites for hydroxylation is 2. The number of benzene rings is 1. The summed E-state index contributed by atoms with van der Waals surface area (Å²) in [4.78, 5) is 15.6. The molecule has 1 fully saturated rings. The molecule has 2 N–H and O–H groups in total. The van der Waals surface area contributed by atoms with Crippen LogP contribution in [0.15, 0.2) is 41.4 Å². The van der Waals surface area contributed by atoms with Gasteiger partial charge >= 0.3 is 0 Å². The average molecular weight is 416 g/mol. The third-order valence-corrected chi connectivity index (χ3v) is 7.45. The maximum Gasteiger partial charge on any atom is 0.267 e. The molecule has 1 aromatic heterocycles. The summed E-state index contributed by atoms with van der Waals surface area (Å²) in [6.45, 7) is 0.746. The molecule has 1 aliphatic heterocycles. The summed E-state index contributed by atoms with van der Waals surface area (Å²) < 4.78 is 33.9. The fraction of sp³-hybridized carbons (Fsp3) is 0.429. The number of nitrogens with zero attached hydrogens (tertiary/aromatic N) is 2. The van der Waals surface area contributed by atoms with Crippen molar-refractivity contribution < 1.29 is 17.9 Å². The van der Waals surface area contributed by atoms with Crippen LogP contribution in [0.2, 0.25) is 0 Å². The van der Waals surface area contributed by atoms with Gasteiger partial charge in [-0.05, 0) is 67.9 Å². The fourth-order valence-electron chi connectivity index (χ4n) is 4.05. The number of pyridine rings is 1. The number of fused-ring (bicyclic) bond motifs is 1. The molecule has 1 aliphatic carbocycles. The Balaban J connectivity index is 1.50. The van der Waals surface area contributed by atoms with Gasteiger partial charge in [-0.15, -0.1) is 0 Å². The van der Waals surface area contributed by atoms with Crippen molar-refractivity contribution in [2.45, 2.75) is 49.5 Å². The van der Waals surface area contributed by atoms with Crippen molar-refractivity contribution in [1.82, 2.24) is 9.29 Å². The maximum absolute atomic E-state index is 13.2. The third kappa shape index (κ3) is 4.28. The van der Waals surface area contributed by atoms with E-state index in [0.29, 0.717) is 23.6 Å². The number of carbonyl (C=O) groups is 1. The number of rotatable bonds is 5. The zero-order valence-electron chi connectivity index (χ0n) is 16.2. The van der Waals surface area contributed by atoms with Gasteiger partial charge in [0.2, 0.25) is 10.0 Å². The van der Waals surface area contributed by atoms with E-state index in [1.807, 2.05) is 12.1 Å². The molecule has 1 unspecified atom stereocenters. The Labute approximate surface area is 170 Å². The Hall–Kier alpha value is -2.45. The lowest BCUT2D eigenvalue weighted by molar-refractivity contribution is 0.0993. The highest BCUT2D eigenvalue weighted by molar-refractivity contribution is 7.89. The highest BCUT2D eigenvalue weighted by Crippen LogP contribution is 2.28. The van der Waals surface area contributed by atoms with Gasteiger partial charge in [0.25, 0.3) is 5.91 Å². The third-order valence-electron chi connectivity index (χ3n) is 5.59. The fourth-order valence-corrected chi connectivity index (χ4v) is 5.61. The van der Waals surface area contributed by atoms with Gasteiger partial charge in [0, 0.05) is 18.8 Å². The van der Waals surface area contributed by atoms with E-state index in [0.717, 1.165) is 37.7 Å². The topological polar surface area (TPSA) is 103 Å². The molecule has 0 spiro atoms. The molecule has 0 bridgehead atoms. The van der Waals surface area contributed by atoms with Gasteiger partial charge in [-0.1, -0.05) is 6.07 Å². The summed E-state index contributed by atoms with van der Waals surface area (Å²) in [7, 11) is -3.58. The molecule has 4 rings (SSSR count). The average Bonchev–Trinajstić information content (AvgIpc) is 2.74. The van der Waals surface area contributed by atoms with Crippen LogP contribution in [-0.4, -0.2) is 42.8 Å². The van der Waals surface area contributed by atoms with Gasteiger partial charge in [0.05, 0.1) is 11.4 Å². The van der Waals surface area contributed by atoms with Gasteiger partial charge < -0.3 is 10.5 Å². The van der Waals surface area contributed by atoms with E-state index in [9.17, 15) is 13.2 Å². The lowest BCUT2D eigenvalue weighted by Crippen LogP contribution is -2.44. The van der Waals surface area contributed by atoms with Gasteiger partial charge in [0.15, 0.2) is 0 Å². The van der Waals surface area contributed by atoms with Gasteiger partial charge in [-0.25, -0.2) is 8.42 Å². The Morgan fingerprint density at radius 3 is 2.69 bits per heavy atom. The summed E-state index contributed by atoms with van der Waals surface area (Å²) >= 11 is 0. The second-order valence-corrected chi connectivity index (χ2v) is 9.56. The molecule has 0 radical (unpaired) electrons. The number of aromatic nitrogens is 1. The minimum Gasteiger partial charge on any atom is -0.489 e. The zero-order chi connectivity index (χ0) is 20.4. The number of sulfonamides is 1. The Kier molecular flexibility index (Phi) is 5.56. The first-order valence-corrected chi connectivity index (χ1v) is 11.4. The molecule has 1 amide bonds. The van der Waals surface area contributed by atoms with Crippen LogP contribution < -0.4 is 10.5 Å². The Morgan fingerprint density at radius 2 is 1.90 bits per heavy atom.